The number of morpholine rings is 1. The molecule has 2 aromatic carbocycles. The highest BCUT2D eigenvalue weighted by Gasteiger charge is 2.18. The Morgan fingerprint density at radius 3 is 2.71 bits per heavy atom. The molecule has 174 valence electrons. The van der Waals surface area contributed by atoms with Gasteiger partial charge in [0, 0.05) is 50.6 Å². The standard InChI is InChI=1S/C25H25N5O4/c26-18-20-4-2-6-22(16-20)30-8-7-24(31)23(27-30)17-19-3-1-5-21(15-19)29(25(32)33)10-9-28-11-13-34-14-12-28/h1-8,15-16H,9-14,17H2,(H,32,33). The number of benzene rings is 2. The maximum Gasteiger partial charge on any atom is 0.411 e. The van der Waals surface area contributed by atoms with E-state index in [-0.39, 0.29) is 11.8 Å². The van der Waals surface area contributed by atoms with E-state index in [0.717, 1.165) is 18.7 Å². The highest BCUT2D eigenvalue weighted by molar-refractivity contribution is 5.86. The highest BCUT2D eigenvalue weighted by Crippen LogP contribution is 2.18. The van der Waals surface area contributed by atoms with Crippen LogP contribution in [0.1, 0.15) is 16.8 Å². The largest absolute Gasteiger partial charge is 0.465 e. The molecular weight excluding hydrogens is 434 g/mol. The molecule has 0 spiro atoms. The molecule has 1 N–H and O–H groups in total. The van der Waals surface area contributed by atoms with E-state index in [1.54, 1.807) is 47.3 Å². The Morgan fingerprint density at radius 1 is 1.15 bits per heavy atom. The number of hydrogen-bond acceptors (Lipinski definition) is 6. The van der Waals surface area contributed by atoms with Crippen molar-refractivity contribution in [1.29, 1.82) is 5.26 Å². The Bertz CT molecular complexity index is 1260. The van der Waals surface area contributed by atoms with Gasteiger partial charge in [0.1, 0.15) is 5.69 Å². The summed E-state index contributed by atoms with van der Waals surface area (Å²) < 4.78 is 6.91. The first kappa shape index (κ1) is 23.2. The lowest BCUT2D eigenvalue weighted by Crippen LogP contribution is -2.42. The second kappa shape index (κ2) is 10.7. The van der Waals surface area contributed by atoms with Gasteiger partial charge in [-0.25, -0.2) is 9.48 Å². The third kappa shape index (κ3) is 5.67. The van der Waals surface area contributed by atoms with Crippen LogP contribution < -0.4 is 10.3 Å². The van der Waals surface area contributed by atoms with Crippen LogP contribution in [0.4, 0.5) is 10.5 Å². The topological polar surface area (TPSA) is 112 Å². The van der Waals surface area contributed by atoms with Gasteiger partial charge in [0.15, 0.2) is 0 Å². The summed E-state index contributed by atoms with van der Waals surface area (Å²) in [5.41, 5.74) is 2.63. The van der Waals surface area contributed by atoms with Crippen LogP contribution in [-0.4, -0.2) is 65.3 Å². The summed E-state index contributed by atoms with van der Waals surface area (Å²) in [5, 5.41) is 23.4. The number of carboxylic acid groups (broad SMARTS) is 1. The maximum atomic E-state index is 12.5. The lowest BCUT2D eigenvalue weighted by molar-refractivity contribution is 0.0392. The number of rotatable bonds is 7. The lowest BCUT2D eigenvalue weighted by Gasteiger charge is -2.29. The first-order chi connectivity index (χ1) is 16.5. The molecule has 3 aromatic rings. The molecule has 34 heavy (non-hydrogen) atoms. The van der Waals surface area contributed by atoms with Crippen LogP contribution >= 0.6 is 0 Å². The molecule has 1 aliphatic heterocycles. The average molecular weight is 460 g/mol. The van der Waals surface area contributed by atoms with Gasteiger partial charge in [0.25, 0.3) is 0 Å². The second-order valence-corrected chi connectivity index (χ2v) is 7.97. The van der Waals surface area contributed by atoms with E-state index in [2.05, 4.69) is 16.1 Å². The number of hydrogen-bond donors (Lipinski definition) is 1. The summed E-state index contributed by atoms with van der Waals surface area (Å²) in [4.78, 5) is 27.9. The van der Waals surface area contributed by atoms with Gasteiger partial charge in [-0.05, 0) is 35.9 Å². The normalized spacial score (nSPS) is 13.9. The maximum absolute atomic E-state index is 12.5. The van der Waals surface area contributed by atoms with Crippen molar-refractivity contribution in [3.63, 3.8) is 0 Å². The van der Waals surface area contributed by atoms with Crippen molar-refractivity contribution in [3.8, 4) is 11.8 Å². The second-order valence-electron chi connectivity index (χ2n) is 7.97. The van der Waals surface area contributed by atoms with Crippen molar-refractivity contribution >= 4 is 11.8 Å². The molecule has 0 bridgehead atoms. The van der Waals surface area contributed by atoms with Gasteiger partial charge >= 0.3 is 6.09 Å². The summed E-state index contributed by atoms with van der Waals surface area (Å²) in [7, 11) is 0. The molecule has 0 unspecified atom stereocenters. The van der Waals surface area contributed by atoms with Crippen LogP contribution in [0, 0.1) is 11.3 Å². The number of nitrogens with zero attached hydrogens (tertiary/aromatic N) is 5. The van der Waals surface area contributed by atoms with Crippen LogP contribution in [0.2, 0.25) is 0 Å². The monoisotopic (exact) mass is 459 g/mol. The number of aromatic nitrogens is 2. The zero-order chi connectivity index (χ0) is 23.9. The zero-order valence-corrected chi connectivity index (χ0v) is 18.6. The molecule has 1 fully saturated rings. The summed E-state index contributed by atoms with van der Waals surface area (Å²) in [6, 6.07) is 17.7. The third-order valence-corrected chi connectivity index (χ3v) is 5.69. The first-order valence-corrected chi connectivity index (χ1v) is 11.0. The van der Waals surface area contributed by atoms with E-state index < -0.39 is 6.09 Å². The molecule has 0 saturated carbocycles. The predicted octanol–water partition coefficient (Wildman–Crippen LogP) is 2.51. The van der Waals surface area contributed by atoms with Crippen LogP contribution in [0.15, 0.2) is 65.6 Å². The molecule has 1 aliphatic rings. The predicted molar refractivity (Wildman–Crippen MR) is 126 cm³/mol. The third-order valence-electron chi connectivity index (χ3n) is 5.69. The van der Waals surface area contributed by atoms with Gasteiger partial charge in [-0.3, -0.25) is 14.6 Å². The Hall–Kier alpha value is -4.00. The molecule has 1 saturated heterocycles. The minimum absolute atomic E-state index is 0.208. The molecule has 2 heterocycles. The summed E-state index contributed by atoms with van der Waals surface area (Å²) in [6.07, 6.45) is 0.793. The smallest absolute Gasteiger partial charge is 0.411 e. The first-order valence-electron chi connectivity index (χ1n) is 11.0. The molecule has 0 atom stereocenters. The summed E-state index contributed by atoms with van der Waals surface area (Å²) >= 11 is 0. The number of nitriles is 1. The van der Waals surface area contributed by atoms with Gasteiger partial charge in [0.2, 0.25) is 5.43 Å². The van der Waals surface area contributed by atoms with E-state index >= 15 is 0 Å². The summed E-state index contributed by atoms with van der Waals surface area (Å²) in [5.74, 6) is 0. The quantitative estimate of drug-likeness (QED) is 0.578. The van der Waals surface area contributed by atoms with Gasteiger partial charge in [-0.2, -0.15) is 10.4 Å². The molecule has 4 rings (SSSR count). The minimum atomic E-state index is -1.03. The zero-order valence-electron chi connectivity index (χ0n) is 18.6. The van der Waals surface area contributed by atoms with E-state index in [1.807, 2.05) is 12.1 Å². The van der Waals surface area contributed by atoms with E-state index in [9.17, 15) is 14.7 Å². The fourth-order valence-corrected chi connectivity index (χ4v) is 3.86. The van der Waals surface area contributed by atoms with Crippen LogP contribution in [0.5, 0.6) is 0 Å². The van der Waals surface area contributed by atoms with Crippen molar-refractivity contribution in [2.24, 2.45) is 0 Å². The van der Waals surface area contributed by atoms with Crippen molar-refractivity contribution in [2.75, 3.05) is 44.3 Å². The highest BCUT2D eigenvalue weighted by atomic mass is 16.5. The van der Waals surface area contributed by atoms with Crippen LogP contribution in [0.25, 0.3) is 5.69 Å². The molecule has 9 nitrogen and oxygen atoms in total. The fourth-order valence-electron chi connectivity index (χ4n) is 3.86. The van der Waals surface area contributed by atoms with Gasteiger partial charge in [-0.1, -0.05) is 18.2 Å². The van der Waals surface area contributed by atoms with E-state index in [0.29, 0.717) is 48.9 Å². The number of carbonyl (C=O) groups is 1. The van der Waals surface area contributed by atoms with Crippen molar-refractivity contribution in [3.05, 3.63) is 87.8 Å². The molecule has 9 heteroatoms. The Labute approximate surface area is 197 Å². The lowest BCUT2D eigenvalue weighted by atomic mass is 10.1. The van der Waals surface area contributed by atoms with Crippen LogP contribution in [0.3, 0.4) is 0 Å². The van der Waals surface area contributed by atoms with E-state index in [4.69, 9.17) is 10.00 Å². The SMILES string of the molecule is N#Cc1cccc(-n2ccc(=O)c(Cc3cccc(N(CCN4CCOCC4)C(=O)O)c3)n2)c1. The molecule has 0 aliphatic carbocycles. The molecule has 1 amide bonds. The Balaban J connectivity index is 1.53. The van der Waals surface area contributed by atoms with E-state index in [1.165, 1.54) is 11.0 Å². The fraction of sp³-hybridized carbons (Fsp3) is 0.280. The molecular formula is C25H25N5O4. The average Bonchev–Trinajstić information content (AvgIpc) is 2.86. The van der Waals surface area contributed by atoms with Crippen LogP contribution in [-0.2, 0) is 11.2 Å². The molecule has 0 radical (unpaired) electrons. The summed E-state index contributed by atoms with van der Waals surface area (Å²) in [6.45, 7) is 3.85. The van der Waals surface area contributed by atoms with Crippen molar-refractivity contribution in [1.82, 2.24) is 14.7 Å². The van der Waals surface area contributed by atoms with Crippen molar-refractivity contribution in [2.45, 2.75) is 6.42 Å². The minimum Gasteiger partial charge on any atom is -0.465 e. The Kier molecular flexibility index (Phi) is 7.32. The Morgan fingerprint density at radius 2 is 1.94 bits per heavy atom. The van der Waals surface area contributed by atoms with Crippen molar-refractivity contribution < 1.29 is 14.6 Å². The number of ether oxygens (including phenoxy) is 1. The van der Waals surface area contributed by atoms with Gasteiger partial charge < -0.3 is 9.84 Å². The number of anilines is 1. The number of amides is 1. The van der Waals surface area contributed by atoms with Gasteiger partial charge in [0.05, 0.1) is 30.5 Å². The van der Waals surface area contributed by atoms with Gasteiger partial charge in [-0.15, -0.1) is 0 Å². The molecule has 1 aromatic heterocycles.